The summed E-state index contributed by atoms with van der Waals surface area (Å²) < 4.78 is 5.67. The molecule has 1 aromatic carbocycles. The summed E-state index contributed by atoms with van der Waals surface area (Å²) in [6, 6.07) is 5.85. The SMILES string of the molecule is CCCCCOc1ccc(-c2cscn2)cc1N. The monoisotopic (exact) mass is 262 g/mol. The summed E-state index contributed by atoms with van der Waals surface area (Å²) in [6.45, 7) is 2.91. The molecule has 2 N–H and O–H groups in total. The summed E-state index contributed by atoms with van der Waals surface area (Å²) in [7, 11) is 0. The third kappa shape index (κ3) is 3.23. The zero-order valence-corrected chi connectivity index (χ0v) is 11.4. The summed E-state index contributed by atoms with van der Waals surface area (Å²) >= 11 is 1.58. The van der Waals surface area contributed by atoms with Crippen molar-refractivity contribution in [1.29, 1.82) is 0 Å². The minimum Gasteiger partial charge on any atom is -0.491 e. The normalized spacial score (nSPS) is 10.5. The fourth-order valence-corrected chi connectivity index (χ4v) is 2.29. The molecule has 0 saturated heterocycles. The van der Waals surface area contributed by atoms with Crippen molar-refractivity contribution >= 4 is 17.0 Å². The van der Waals surface area contributed by atoms with Crippen LogP contribution in [-0.4, -0.2) is 11.6 Å². The molecule has 0 aliphatic heterocycles. The van der Waals surface area contributed by atoms with Gasteiger partial charge in [-0.3, -0.25) is 0 Å². The lowest BCUT2D eigenvalue weighted by Gasteiger charge is -2.09. The first-order valence-corrected chi connectivity index (χ1v) is 7.16. The number of nitrogens with zero attached hydrogens (tertiary/aromatic N) is 1. The van der Waals surface area contributed by atoms with Crippen LogP contribution in [0.15, 0.2) is 29.1 Å². The van der Waals surface area contributed by atoms with Crippen molar-refractivity contribution < 1.29 is 4.74 Å². The number of benzene rings is 1. The Morgan fingerprint density at radius 2 is 2.22 bits per heavy atom. The number of hydrogen-bond acceptors (Lipinski definition) is 4. The molecule has 0 fully saturated rings. The first-order valence-electron chi connectivity index (χ1n) is 6.22. The number of hydrogen-bond donors (Lipinski definition) is 1. The predicted octanol–water partition coefficient (Wildman–Crippen LogP) is 3.96. The summed E-state index contributed by atoms with van der Waals surface area (Å²) in [6.07, 6.45) is 3.46. The van der Waals surface area contributed by atoms with Gasteiger partial charge in [0, 0.05) is 10.9 Å². The molecule has 2 aromatic rings. The fraction of sp³-hybridized carbons (Fsp3) is 0.357. The molecule has 1 aromatic heterocycles. The number of ether oxygens (including phenoxy) is 1. The number of nitrogen functional groups attached to an aromatic ring is 1. The van der Waals surface area contributed by atoms with Gasteiger partial charge < -0.3 is 10.5 Å². The highest BCUT2D eigenvalue weighted by Gasteiger charge is 2.05. The standard InChI is InChI=1S/C14H18N2OS/c1-2-3-4-7-17-14-6-5-11(8-12(14)15)13-9-18-10-16-13/h5-6,8-10H,2-4,7,15H2,1H3. The van der Waals surface area contributed by atoms with Crippen LogP contribution in [0.4, 0.5) is 5.69 Å². The lowest BCUT2D eigenvalue weighted by atomic mass is 10.1. The maximum absolute atomic E-state index is 5.99. The number of thiazole rings is 1. The van der Waals surface area contributed by atoms with Gasteiger partial charge in [0.25, 0.3) is 0 Å². The molecular weight excluding hydrogens is 244 g/mol. The van der Waals surface area contributed by atoms with E-state index in [1.807, 2.05) is 29.1 Å². The third-order valence-corrected chi connectivity index (χ3v) is 3.33. The van der Waals surface area contributed by atoms with Gasteiger partial charge in [0.1, 0.15) is 5.75 Å². The number of nitrogens with two attached hydrogens (primary N) is 1. The Labute approximate surface area is 112 Å². The van der Waals surface area contributed by atoms with Gasteiger partial charge in [-0.2, -0.15) is 0 Å². The lowest BCUT2D eigenvalue weighted by Crippen LogP contribution is -2.00. The van der Waals surface area contributed by atoms with Gasteiger partial charge in [-0.25, -0.2) is 4.98 Å². The second-order valence-electron chi connectivity index (χ2n) is 4.18. The average Bonchev–Trinajstić information content (AvgIpc) is 2.90. The molecule has 4 heteroatoms. The molecule has 0 amide bonds. The van der Waals surface area contributed by atoms with E-state index in [0.717, 1.165) is 30.0 Å². The number of unbranched alkanes of at least 4 members (excludes halogenated alkanes) is 2. The van der Waals surface area contributed by atoms with Crippen molar-refractivity contribution in [3.05, 3.63) is 29.1 Å². The Kier molecular flexibility index (Phi) is 4.59. The van der Waals surface area contributed by atoms with E-state index in [1.54, 1.807) is 11.3 Å². The van der Waals surface area contributed by atoms with Crippen LogP contribution in [0.1, 0.15) is 26.2 Å². The van der Waals surface area contributed by atoms with E-state index in [9.17, 15) is 0 Å². The van der Waals surface area contributed by atoms with E-state index in [4.69, 9.17) is 10.5 Å². The number of aromatic nitrogens is 1. The van der Waals surface area contributed by atoms with Crippen molar-refractivity contribution in [2.24, 2.45) is 0 Å². The molecule has 0 saturated carbocycles. The minimum absolute atomic E-state index is 0.678. The van der Waals surface area contributed by atoms with Crippen LogP contribution in [0, 0.1) is 0 Å². The van der Waals surface area contributed by atoms with Crippen LogP contribution in [0.3, 0.4) is 0 Å². The van der Waals surface area contributed by atoms with Gasteiger partial charge in [-0.15, -0.1) is 11.3 Å². The van der Waals surface area contributed by atoms with E-state index in [2.05, 4.69) is 11.9 Å². The molecule has 0 aliphatic carbocycles. The molecule has 0 spiro atoms. The smallest absolute Gasteiger partial charge is 0.142 e. The molecule has 0 aliphatic rings. The zero-order chi connectivity index (χ0) is 12.8. The van der Waals surface area contributed by atoms with Crippen LogP contribution < -0.4 is 10.5 Å². The van der Waals surface area contributed by atoms with Gasteiger partial charge in [-0.05, 0) is 24.6 Å². The minimum atomic E-state index is 0.678. The van der Waals surface area contributed by atoms with Crippen molar-refractivity contribution in [3.8, 4) is 17.0 Å². The lowest BCUT2D eigenvalue weighted by molar-refractivity contribution is 0.308. The highest BCUT2D eigenvalue weighted by atomic mass is 32.1. The quantitative estimate of drug-likeness (QED) is 0.633. The maximum Gasteiger partial charge on any atom is 0.142 e. The molecule has 1 heterocycles. The second-order valence-corrected chi connectivity index (χ2v) is 4.90. The fourth-order valence-electron chi connectivity index (χ4n) is 1.73. The summed E-state index contributed by atoms with van der Waals surface area (Å²) in [5, 5.41) is 2.01. The Balaban J connectivity index is 2.01. The molecule has 0 radical (unpaired) electrons. The summed E-state index contributed by atoms with van der Waals surface area (Å²) in [5.41, 5.74) is 10.5. The highest BCUT2D eigenvalue weighted by Crippen LogP contribution is 2.28. The summed E-state index contributed by atoms with van der Waals surface area (Å²) in [5.74, 6) is 0.769. The van der Waals surface area contributed by atoms with Gasteiger partial charge in [0.05, 0.1) is 23.5 Å². The van der Waals surface area contributed by atoms with Crippen LogP contribution in [-0.2, 0) is 0 Å². The Bertz CT molecular complexity index is 483. The van der Waals surface area contributed by atoms with Crippen molar-refractivity contribution in [2.75, 3.05) is 12.3 Å². The Morgan fingerprint density at radius 1 is 1.33 bits per heavy atom. The van der Waals surface area contributed by atoms with E-state index in [1.165, 1.54) is 12.8 Å². The molecule has 3 nitrogen and oxygen atoms in total. The first kappa shape index (κ1) is 12.9. The zero-order valence-electron chi connectivity index (χ0n) is 10.6. The van der Waals surface area contributed by atoms with Crippen LogP contribution in [0.25, 0.3) is 11.3 Å². The van der Waals surface area contributed by atoms with Gasteiger partial charge in [0.2, 0.25) is 0 Å². The van der Waals surface area contributed by atoms with E-state index in [-0.39, 0.29) is 0 Å². The largest absolute Gasteiger partial charge is 0.491 e. The summed E-state index contributed by atoms with van der Waals surface area (Å²) in [4.78, 5) is 4.27. The van der Waals surface area contributed by atoms with E-state index >= 15 is 0 Å². The molecular formula is C14H18N2OS. The maximum atomic E-state index is 5.99. The third-order valence-electron chi connectivity index (χ3n) is 2.74. The van der Waals surface area contributed by atoms with Gasteiger partial charge in [0.15, 0.2) is 0 Å². The second kappa shape index (κ2) is 6.40. The molecule has 18 heavy (non-hydrogen) atoms. The topological polar surface area (TPSA) is 48.1 Å². The van der Waals surface area contributed by atoms with Gasteiger partial charge in [-0.1, -0.05) is 19.8 Å². The van der Waals surface area contributed by atoms with Crippen LogP contribution >= 0.6 is 11.3 Å². The molecule has 0 atom stereocenters. The van der Waals surface area contributed by atoms with Crippen LogP contribution in [0.2, 0.25) is 0 Å². The Hall–Kier alpha value is -1.55. The van der Waals surface area contributed by atoms with Crippen molar-refractivity contribution in [2.45, 2.75) is 26.2 Å². The number of anilines is 1. The Morgan fingerprint density at radius 3 is 2.89 bits per heavy atom. The van der Waals surface area contributed by atoms with E-state index < -0.39 is 0 Å². The predicted molar refractivity (Wildman–Crippen MR) is 77.0 cm³/mol. The van der Waals surface area contributed by atoms with Crippen molar-refractivity contribution in [1.82, 2.24) is 4.98 Å². The molecule has 2 rings (SSSR count). The van der Waals surface area contributed by atoms with Crippen LogP contribution in [0.5, 0.6) is 5.75 Å². The number of rotatable bonds is 6. The molecule has 0 bridgehead atoms. The van der Waals surface area contributed by atoms with Crippen molar-refractivity contribution in [3.63, 3.8) is 0 Å². The molecule has 96 valence electrons. The van der Waals surface area contributed by atoms with Gasteiger partial charge >= 0.3 is 0 Å². The first-order chi connectivity index (χ1) is 8.81. The average molecular weight is 262 g/mol. The van der Waals surface area contributed by atoms with E-state index in [0.29, 0.717) is 5.69 Å². The molecule has 0 unspecified atom stereocenters. The highest BCUT2D eigenvalue weighted by molar-refractivity contribution is 7.07.